The molecule has 1 atom stereocenters. The monoisotopic (exact) mass is 227 g/mol. The van der Waals surface area contributed by atoms with Crippen LogP contribution in [0.2, 0.25) is 5.15 Å². The quantitative estimate of drug-likeness (QED) is 0.716. The third-order valence-corrected chi connectivity index (χ3v) is 2.34. The molecule has 1 heterocycles. The minimum atomic E-state index is 0.289. The van der Waals surface area contributed by atoms with E-state index in [1.807, 2.05) is 12.1 Å². The van der Waals surface area contributed by atoms with E-state index in [9.17, 15) is 0 Å². The molecule has 1 aromatic rings. The molecule has 0 saturated carbocycles. The fourth-order valence-electron chi connectivity index (χ4n) is 1.50. The van der Waals surface area contributed by atoms with Crippen molar-refractivity contribution in [3.8, 4) is 0 Å². The van der Waals surface area contributed by atoms with Gasteiger partial charge in [-0.1, -0.05) is 25.4 Å². The molecule has 0 spiro atoms. The van der Waals surface area contributed by atoms with E-state index in [0.717, 1.165) is 12.0 Å². The van der Waals surface area contributed by atoms with E-state index in [0.29, 0.717) is 17.7 Å². The Morgan fingerprint density at radius 3 is 2.73 bits per heavy atom. The molecule has 1 aromatic heterocycles. The van der Waals surface area contributed by atoms with Crippen molar-refractivity contribution < 1.29 is 4.74 Å². The van der Waals surface area contributed by atoms with Crippen LogP contribution in [0.5, 0.6) is 0 Å². The first kappa shape index (κ1) is 12.5. The number of aromatic nitrogens is 1. The lowest BCUT2D eigenvalue weighted by atomic mass is 10.1. The molecule has 84 valence electrons. The summed E-state index contributed by atoms with van der Waals surface area (Å²) in [5.74, 6) is 0.668. The van der Waals surface area contributed by atoms with E-state index in [2.05, 4.69) is 25.8 Å². The standard InChI is InChI=1S/C12H18ClNO/c1-9(2)6-10(3)15-8-11-4-5-14-12(13)7-11/h4-5,7,9-10H,6,8H2,1-3H3. The summed E-state index contributed by atoms with van der Waals surface area (Å²) < 4.78 is 5.71. The lowest BCUT2D eigenvalue weighted by Crippen LogP contribution is -2.11. The van der Waals surface area contributed by atoms with Gasteiger partial charge in [0, 0.05) is 6.20 Å². The van der Waals surface area contributed by atoms with Gasteiger partial charge >= 0.3 is 0 Å². The summed E-state index contributed by atoms with van der Waals surface area (Å²) in [4.78, 5) is 3.93. The molecule has 15 heavy (non-hydrogen) atoms. The van der Waals surface area contributed by atoms with Crippen molar-refractivity contribution in [1.29, 1.82) is 0 Å². The Hall–Kier alpha value is -0.600. The van der Waals surface area contributed by atoms with Crippen LogP contribution in [0.25, 0.3) is 0 Å². The Labute approximate surface area is 96.6 Å². The number of hydrogen-bond donors (Lipinski definition) is 0. The number of hydrogen-bond acceptors (Lipinski definition) is 2. The van der Waals surface area contributed by atoms with E-state index in [1.165, 1.54) is 0 Å². The van der Waals surface area contributed by atoms with E-state index < -0.39 is 0 Å². The van der Waals surface area contributed by atoms with Crippen LogP contribution in [0, 0.1) is 5.92 Å². The van der Waals surface area contributed by atoms with Crippen molar-refractivity contribution in [2.24, 2.45) is 5.92 Å². The van der Waals surface area contributed by atoms with Gasteiger partial charge in [-0.25, -0.2) is 4.98 Å². The van der Waals surface area contributed by atoms with Gasteiger partial charge in [-0.05, 0) is 37.0 Å². The SMILES string of the molecule is CC(C)CC(C)OCc1ccnc(Cl)c1. The average molecular weight is 228 g/mol. The smallest absolute Gasteiger partial charge is 0.129 e. The molecule has 0 radical (unpaired) electrons. The number of halogens is 1. The van der Waals surface area contributed by atoms with Crippen LogP contribution in [-0.2, 0) is 11.3 Å². The minimum absolute atomic E-state index is 0.289. The normalized spacial score (nSPS) is 13.1. The highest BCUT2D eigenvalue weighted by Gasteiger charge is 2.05. The van der Waals surface area contributed by atoms with Gasteiger partial charge in [-0.3, -0.25) is 0 Å². The van der Waals surface area contributed by atoms with Crippen molar-refractivity contribution in [3.05, 3.63) is 29.0 Å². The van der Waals surface area contributed by atoms with Crippen LogP contribution in [0.1, 0.15) is 32.8 Å². The van der Waals surface area contributed by atoms with Crippen molar-refractivity contribution in [2.75, 3.05) is 0 Å². The Morgan fingerprint density at radius 1 is 1.40 bits per heavy atom. The van der Waals surface area contributed by atoms with Gasteiger partial charge < -0.3 is 4.74 Å². The highest BCUT2D eigenvalue weighted by molar-refractivity contribution is 6.29. The molecule has 2 nitrogen and oxygen atoms in total. The molecule has 0 fully saturated rings. The van der Waals surface area contributed by atoms with Crippen LogP contribution < -0.4 is 0 Å². The molecular formula is C12H18ClNO. The molecule has 0 aliphatic rings. The first-order valence-corrected chi connectivity index (χ1v) is 5.67. The van der Waals surface area contributed by atoms with Gasteiger partial charge in [0.1, 0.15) is 5.15 Å². The number of ether oxygens (including phenoxy) is 1. The summed E-state index contributed by atoms with van der Waals surface area (Å²) in [7, 11) is 0. The molecule has 1 unspecified atom stereocenters. The van der Waals surface area contributed by atoms with Gasteiger partial charge in [-0.15, -0.1) is 0 Å². The first-order valence-electron chi connectivity index (χ1n) is 5.30. The summed E-state index contributed by atoms with van der Waals surface area (Å²) in [6, 6.07) is 3.76. The molecular weight excluding hydrogens is 210 g/mol. The topological polar surface area (TPSA) is 22.1 Å². The molecule has 0 bridgehead atoms. The van der Waals surface area contributed by atoms with E-state index >= 15 is 0 Å². The molecule has 1 rings (SSSR count). The summed E-state index contributed by atoms with van der Waals surface area (Å²) in [5, 5.41) is 0.521. The van der Waals surface area contributed by atoms with Crippen LogP contribution in [0.3, 0.4) is 0 Å². The molecule has 0 aliphatic carbocycles. The third kappa shape index (κ3) is 5.14. The fraction of sp³-hybridized carbons (Fsp3) is 0.583. The number of nitrogens with zero attached hydrogens (tertiary/aromatic N) is 1. The maximum absolute atomic E-state index is 5.78. The van der Waals surface area contributed by atoms with Crippen molar-refractivity contribution >= 4 is 11.6 Å². The number of pyridine rings is 1. The van der Waals surface area contributed by atoms with Crippen molar-refractivity contribution in [1.82, 2.24) is 4.98 Å². The molecule has 0 aliphatic heterocycles. The second-order valence-corrected chi connectivity index (χ2v) is 4.63. The second-order valence-electron chi connectivity index (χ2n) is 4.24. The zero-order valence-electron chi connectivity index (χ0n) is 9.53. The Morgan fingerprint density at radius 2 is 2.13 bits per heavy atom. The predicted octanol–water partition coefficient (Wildman–Crippen LogP) is 3.69. The van der Waals surface area contributed by atoms with E-state index in [1.54, 1.807) is 6.20 Å². The third-order valence-electron chi connectivity index (χ3n) is 2.13. The van der Waals surface area contributed by atoms with Gasteiger partial charge in [0.25, 0.3) is 0 Å². The highest BCUT2D eigenvalue weighted by atomic mass is 35.5. The highest BCUT2D eigenvalue weighted by Crippen LogP contribution is 2.12. The van der Waals surface area contributed by atoms with Gasteiger partial charge in [-0.2, -0.15) is 0 Å². The summed E-state index contributed by atoms with van der Waals surface area (Å²) in [6.07, 6.45) is 3.07. The van der Waals surface area contributed by atoms with E-state index in [4.69, 9.17) is 16.3 Å². The fourth-order valence-corrected chi connectivity index (χ4v) is 1.70. The van der Waals surface area contributed by atoms with Gasteiger partial charge in [0.05, 0.1) is 12.7 Å². The van der Waals surface area contributed by atoms with Crippen LogP contribution >= 0.6 is 11.6 Å². The molecule has 3 heteroatoms. The lowest BCUT2D eigenvalue weighted by Gasteiger charge is -2.15. The Kier molecular flexibility index (Phi) is 5.06. The number of rotatable bonds is 5. The van der Waals surface area contributed by atoms with Crippen LogP contribution in [0.15, 0.2) is 18.3 Å². The molecule has 0 amide bonds. The molecule has 0 saturated heterocycles. The zero-order chi connectivity index (χ0) is 11.3. The largest absolute Gasteiger partial charge is 0.374 e. The predicted molar refractivity (Wildman–Crippen MR) is 63.0 cm³/mol. The first-order chi connectivity index (χ1) is 7.08. The zero-order valence-corrected chi connectivity index (χ0v) is 10.3. The lowest BCUT2D eigenvalue weighted by molar-refractivity contribution is 0.0397. The van der Waals surface area contributed by atoms with Gasteiger partial charge in [0.15, 0.2) is 0 Å². The maximum atomic E-state index is 5.78. The Bertz CT molecular complexity index is 301. The van der Waals surface area contributed by atoms with Crippen molar-refractivity contribution in [2.45, 2.75) is 39.9 Å². The maximum Gasteiger partial charge on any atom is 0.129 e. The van der Waals surface area contributed by atoms with Crippen molar-refractivity contribution in [3.63, 3.8) is 0 Å². The van der Waals surface area contributed by atoms with Gasteiger partial charge in [0.2, 0.25) is 0 Å². The molecule has 0 aromatic carbocycles. The van der Waals surface area contributed by atoms with E-state index in [-0.39, 0.29) is 6.10 Å². The summed E-state index contributed by atoms with van der Waals surface area (Å²) in [6.45, 7) is 7.10. The minimum Gasteiger partial charge on any atom is -0.374 e. The Balaban J connectivity index is 2.36. The summed E-state index contributed by atoms with van der Waals surface area (Å²) >= 11 is 5.78. The van der Waals surface area contributed by atoms with Crippen LogP contribution in [0.4, 0.5) is 0 Å². The van der Waals surface area contributed by atoms with Crippen LogP contribution in [-0.4, -0.2) is 11.1 Å². The molecule has 0 N–H and O–H groups in total. The second kappa shape index (κ2) is 6.09. The summed E-state index contributed by atoms with van der Waals surface area (Å²) in [5.41, 5.74) is 1.07. The average Bonchev–Trinajstić information content (AvgIpc) is 2.14.